The summed E-state index contributed by atoms with van der Waals surface area (Å²) in [5.41, 5.74) is 3.31. The molecule has 2 aromatic carbocycles. The highest BCUT2D eigenvalue weighted by Crippen LogP contribution is 2.31. The first-order valence-corrected chi connectivity index (χ1v) is 12.4. The summed E-state index contributed by atoms with van der Waals surface area (Å²) >= 11 is 6.50. The van der Waals surface area contributed by atoms with Crippen LogP contribution in [0.4, 0.5) is 5.82 Å². The molecule has 1 saturated heterocycles. The van der Waals surface area contributed by atoms with Crippen LogP contribution in [0.5, 0.6) is 0 Å². The molecule has 0 atom stereocenters. The third-order valence-corrected chi connectivity index (χ3v) is 8.32. The lowest BCUT2D eigenvalue weighted by molar-refractivity contribution is 0.433. The van der Waals surface area contributed by atoms with Crippen molar-refractivity contribution in [3.05, 3.63) is 64.8 Å². The second-order valence-corrected chi connectivity index (χ2v) is 10.5. The second kappa shape index (κ2) is 8.03. The SMILES string of the molecule is Cc1ccc(S(=O)(=O)N2CCCN(c3nc4c(Cl)c(C)nn4c4ccccc34)CC2)cc1. The van der Waals surface area contributed by atoms with Crippen molar-refractivity contribution in [1.29, 1.82) is 0 Å². The van der Waals surface area contributed by atoms with Gasteiger partial charge in [-0.15, -0.1) is 0 Å². The molecule has 0 saturated carbocycles. The number of sulfonamides is 1. The molecule has 0 radical (unpaired) electrons. The van der Waals surface area contributed by atoms with Crippen molar-refractivity contribution in [2.75, 3.05) is 31.1 Å². The number of anilines is 1. The maximum atomic E-state index is 13.2. The lowest BCUT2D eigenvalue weighted by Gasteiger charge is -2.24. The van der Waals surface area contributed by atoms with Gasteiger partial charge in [0.15, 0.2) is 5.65 Å². The molecule has 2 aromatic heterocycles. The summed E-state index contributed by atoms with van der Waals surface area (Å²) in [5, 5.41) is 6.05. The van der Waals surface area contributed by atoms with Crippen LogP contribution in [0.3, 0.4) is 0 Å². The van der Waals surface area contributed by atoms with Crippen LogP contribution in [0.2, 0.25) is 5.02 Å². The van der Waals surface area contributed by atoms with E-state index in [9.17, 15) is 8.42 Å². The largest absolute Gasteiger partial charge is 0.355 e. The predicted octanol–water partition coefficient (Wildman–Crippen LogP) is 4.05. The van der Waals surface area contributed by atoms with Gasteiger partial charge in [-0.25, -0.2) is 17.9 Å². The van der Waals surface area contributed by atoms with Gasteiger partial charge < -0.3 is 4.90 Å². The van der Waals surface area contributed by atoms with Crippen LogP contribution in [-0.2, 0) is 10.0 Å². The fraction of sp³-hybridized carbons (Fsp3) is 0.304. The van der Waals surface area contributed by atoms with E-state index in [1.165, 1.54) is 0 Å². The molecule has 0 bridgehead atoms. The molecule has 1 aliphatic rings. The molecule has 0 unspecified atom stereocenters. The Labute approximate surface area is 192 Å². The zero-order valence-electron chi connectivity index (χ0n) is 18.0. The van der Waals surface area contributed by atoms with Gasteiger partial charge >= 0.3 is 0 Å². The van der Waals surface area contributed by atoms with Crippen molar-refractivity contribution >= 4 is 44.0 Å². The van der Waals surface area contributed by atoms with Crippen LogP contribution in [0, 0.1) is 13.8 Å². The van der Waals surface area contributed by atoms with Gasteiger partial charge in [-0.2, -0.15) is 9.40 Å². The van der Waals surface area contributed by atoms with Crippen molar-refractivity contribution in [3.8, 4) is 0 Å². The van der Waals surface area contributed by atoms with Gasteiger partial charge in [0.1, 0.15) is 10.8 Å². The maximum absolute atomic E-state index is 13.2. The highest BCUT2D eigenvalue weighted by Gasteiger charge is 2.28. The van der Waals surface area contributed by atoms with E-state index in [2.05, 4.69) is 10.00 Å². The van der Waals surface area contributed by atoms with Crippen molar-refractivity contribution in [3.63, 3.8) is 0 Å². The van der Waals surface area contributed by atoms with Crippen LogP contribution in [0.15, 0.2) is 53.4 Å². The van der Waals surface area contributed by atoms with Gasteiger partial charge in [-0.3, -0.25) is 0 Å². The summed E-state index contributed by atoms with van der Waals surface area (Å²) in [6.45, 7) is 5.93. The third-order valence-electron chi connectivity index (χ3n) is 5.96. The summed E-state index contributed by atoms with van der Waals surface area (Å²) in [6, 6.07) is 15.0. The fourth-order valence-electron chi connectivity index (χ4n) is 4.21. The van der Waals surface area contributed by atoms with E-state index in [4.69, 9.17) is 16.6 Å². The molecular weight excluding hydrogens is 446 g/mol. The molecule has 9 heteroatoms. The van der Waals surface area contributed by atoms with Gasteiger partial charge in [0.25, 0.3) is 0 Å². The Morgan fingerprint density at radius 1 is 0.938 bits per heavy atom. The minimum Gasteiger partial charge on any atom is -0.355 e. The number of halogens is 1. The lowest BCUT2D eigenvalue weighted by Crippen LogP contribution is -2.35. The molecule has 0 spiro atoms. The third kappa shape index (κ3) is 3.52. The van der Waals surface area contributed by atoms with Crippen molar-refractivity contribution < 1.29 is 8.42 Å². The molecule has 3 heterocycles. The van der Waals surface area contributed by atoms with Gasteiger partial charge in [-0.1, -0.05) is 41.4 Å². The molecule has 32 heavy (non-hydrogen) atoms. The average molecular weight is 470 g/mol. The zero-order chi connectivity index (χ0) is 22.5. The topological polar surface area (TPSA) is 70.8 Å². The maximum Gasteiger partial charge on any atom is 0.243 e. The van der Waals surface area contributed by atoms with Crippen molar-refractivity contribution in [2.24, 2.45) is 0 Å². The Balaban J connectivity index is 1.50. The Bertz CT molecular complexity index is 1420. The molecule has 0 amide bonds. The zero-order valence-corrected chi connectivity index (χ0v) is 19.6. The first-order chi connectivity index (χ1) is 15.4. The van der Waals surface area contributed by atoms with Crippen LogP contribution in [0.25, 0.3) is 16.6 Å². The highest BCUT2D eigenvalue weighted by molar-refractivity contribution is 7.89. The lowest BCUT2D eigenvalue weighted by atomic mass is 10.2. The molecular formula is C23H24ClN5O2S. The number of aromatic nitrogens is 3. The van der Waals surface area contributed by atoms with E-state index in [-0.39, 0.29) is 0 Å². The van der Waals surface area contributed by atoms with Gasteiger partial charge in [-0.05, 0) is 44.5 Å². The summed E-state index contributed by atoms with van der Waals surface area (Å²) < 4.78 is 29.7. The molecule has 4 aromatic rings. The summed E-state index contributed by atoms with van der Waals surface area (Å²) in [6.07, 6.45) is 0.707. The summed E-state index contributed by atoms with van der Waals surface area (Å²) in [7, 11) is -3.54. The molecule has 1 fully saturated rings. The van der Waals surface area contributed by atoms with Crippen molar-refractivity contribution in [1.82, 2.24) is 18.9 Å². The normalized spacial score (nSPS) is 16.0. The Kier molecular flexibility index (Phi) is 5.31. The summed E-state index contributed by atoms with van der Waals surface area (Å²) in [4.78, 5) is 7.37. The molecule has 5 rings (SSSR count). The molecule has 166 valence electrons. The Hall–Kier alpha value is -2.68. The minimum absolute atomic E-state index is 0.336. The van der Waals surface area contributed by atoms with Crippen molar-refractivity contribution in [2.45, 2.75) is 25.2 Å². The van der Waals surface area contributed by atoms with Crippen LogP contribution >= 0.6 is 11.6 Å². The molecule has 0 aliphatic carbocycles. The van der Waals surface area contributed by atoms with E-state index in [0.29, 0.717) is 48.2 Å². The number of para-hydroxylation sites is 1. The number of nitrogens with zero attached hydrogens (tertiary/aromatic N) is 5. The van der Waals surface area contributed by atoms with E-state index < -0.39 is 10.0 Å². The smallest absolute Gasteiger partial charge is 0.243 e. The number of fused-ring (bicyclic) bond motifs is 3. The minimum atomic E-state index is -3.54. The Morgan fingerprint density at radius 3 is 2.47 bits per heavy atom. The number of hydrogen-bond acceptors (Lipinski definition) is 5. The molecule has 7 nitrogen and oxygen atoms in total. The fourth-order valence-corrected chi connectivity index (χ4v) is 5.84. The van der Waals surface area contributed by atoms with E-state index >= 15 is 0 Å². The number of benzene rings is 2. The van der Waals surface area contributed by atoms with E-state index in [0.717, 1.165) is 28.0 Å². The number of aryl methyl sites for hydroxylation is 2. The van der Waals surface area contributed by atoms with Crippen LogP contribution in [-0.4, -0.2) is 53.5 Å². The molecule has 1 aliphatic heterocycles. The second-order valence-electron chi connectivity index (χ2n) is 8.15. The molecule has 0 N–H and O–H groups in total. The van der Waals surface area contributed by atoms with Gasteiger partial charge in [0.2, 0.25) is 10.0 Å². The van der Waals surface area contributed by atoms with E-state index in [1.54, 1.807) is 21.0 Å². The standard InChI is InChI=1S/C23H24ClN5O2S/c1-16-8-10-18(11-9-16)32(30,31)28-13-5-12-27(14-15-28)22-19-6-3-4-7-20(19)29-23(25-22)21(24)17(2)26-29/h3-4,6-11H,5,12-15H2,1-2H3. The number of hydrogen-bond donors (Lipinski definition) is 0. The van der Waals surface area contributed by atoms with Gasteiger partial charge in [0, 0.05) is 31.6 Å². The Morgan fingerprint density at radius 2 is 1.69 bits per heavy atom. The van der Waals surface area contributed by atoms with Gasteiger partial charge in [0.05, 0.1) is 16.1 Å². The van der Waals surface area contributed by atoms with Crippen LogP contribution in [0.1, 0.15) is 17.7 Å². The quantitative estimate of drug-likeness (QED) is 0.452. The summed E-state index contributed by atoms with van der Waals surface area (Å²) in [5.74, 6) is 0.810. The highest BCUT2D eigenvalue weighted by atomic mass is 35.5. The predicted molar refractivity (Wildman–Crippen MR) is 127 cm³/mol. The van der Waals surface area contributed by atoms with Crippen LogP contribution < -0.4 is 4.90 Å². The van der Waals surface area contributed by atoms with E-state index in [1.807, 2.05) is 50.2 Å². The monoisotopic (exact) mass is 469 g/mol. The average Bonchev–Trinajstić information content (AvgIpc) is 2.96. The first-order valence-electron chi connectivity index (χ1n) is 10.6. The number of rotatable bonds is 3. The first kappa shape index (κ1) is 21.2.